The minimum atomic E-state index is -0.178. The van der Waals surface area contributed by atoms with Crippen molar-refractivity contribution in [2.45, 2.75) is 26.3 Å². The van der Waals surface area contributed by atoms with Crippen LogP contribution in [0.25, 0.3) is 11.6 Å². The predicted octanol–water partition coefficient (Wildman–Crippen LogP) is 5.87. The zero-order valence-corrected chi connectivity index (χ0v) is 19.7. The highest BCUT2D eigenvalue weighted by molar-refractivity contribution is 8.18. The number of ether oxygens (including phenoxy) is 1. The van der Waals surface area contributed by atoms with Gasteiger partial charge in [-0.1, -0.05) is 17.7 Å². The molecule has 0 aliphatic carbocycles. The van der Waals surface area contributed by atoms with E-state index in [1.54, 1.807) is 19.2 Å². The summed E-state index contributed by atoms with van der Waals surface area (Å²) in [4.78, 5) is 19.9. The maximum atomic E-state index is 12.6. The number of carbonyl (C=O) groups is 1. The molecule has 0 saturated carbocycles. The van der Waals surface area contributed by atoms with Crippen molar-refractivity contribution in [3.8, 4) is 5.75 Å². The molecule has 4 rings (SSSR count). The van der Waals surface area contributed by atoms with E-state index in [2.05, 4.69) is 55.2 Å². The number of carbonyl (C=O) groups excluding carboxylic acids is 1. The van der Waals surface area contributed by atoms with E-state index in [0.29, 0.717) is 15.1 Å². The number of amides is 1. The Balaban J connectivity index is 1.69. The normalized spacial score (nSPS) is 20.0. The molecule has 5 nitrogen and oxygen atoms in total. The van der Waals surface area contributed by atoms with Gasteiger partial charge in [-0.2, -0.15) is 0 Å². The van der Waals surface area contributed by atoms with Gasteiger partial charge in [0.25, 0.3) is 5.91 Å². The molecule has 2 aromatic carbocycles. The first-order valence-electron chi connectivity index (χ1n) is 9.89. The predicted molar refractivity (Wildman–Crippen MR) is 131 cm³/mol. The van der Waals surface area contributed by atoms with Gasteiger partial charge in [0, 0.05) is 35.0 Å². The van der Waals surface area contributed by atoms with Crippen molar-refractivity contribution in [3.63, 3.8) is 0 Å². The lowest BCUT2D eigenvalue weighted by Crippen LogP contribution is -2.42. The molecule has 2 aliphatic rings. The second-order valence-electron chi connectivity index (χ2n) is 8.11. The molecule has 7 heteroatoms. The molecule has 0 bridgehead atoms. The third-order valence-electron chi connectivity index (χ3n) is 5.56. The van der Waals surface area contributed by atoms with E-state index in [1.807, 2.05) is 24.3 Å². The van der Waals surface area contributed by atoms with Gasteiger partial charge in [0.15, 0.2) is 5.17 Å². The third kappa shape index (κ3) is 4.23. The number of likely N-dealkylation sites (N-methyl/N-ethyl adjacent to an activating group) is 1. The Hall–Kier alpha value is -2.70. The molecule has 0 atom stereocenters. The number of halogens is 1. The van der Waals surface area contributed by atoms with Crippen LogP contribution in [-0.2, 0) is 4.79 Å². The van der Waals surface area contributed by atoms with Crippen molar-refractivity contribution in [3.05, 3.63) is 63.5 Å². The molecular formula is C24H24ClN3O2S. The molecule has 0 unspecified atom stereocenters. The van der Waals surface area contributed by atoms with E-state index in [-0.39, 0.29) is 11.4 Å². The van der Waals surface area contributed by atoms with Crippen LogP contribution in [-0.4, -0.2) is 30.8 Å². The molecule has 0 spiro atoms. The summed E-state index contributed by atoms with van der Waals surface area (Å²) in [6.45, 7) is 6.48. The fourth-order valence-corrected chi connectivity index (χ4v) is 4.70. The van der Waals surface area contributed by atoms with E-state index in [4.69, 9.17) is 16.3 Å². The molecule has 1 amide bonds. The van der Waals surface area contributed by atoms with Crippen LogP contribution >= 0.6 is 23.4 Å². The van der Waals surface area contributed by atoms with Crippen molar-refractivity contribution in [1.29, 1.82) is 0 Å². The number of amidine groups is 1. The van der Waals surface area contributed by atoms with Gasteiger partial charge in [0.05, 0.1) is 23.2 Å². The van der Waals surface area contributed by atoms with Crippen LogP contribution < -0.4 is 15.0 Å². The Morgan fingerprint density at radius 3 is 2.61 bits per heavy atom. The molecule has 0 radical (unpaired) electrons. The molecule has 31 heavy (non-hydrogen) atoms. The summed E-state index contributed by atoms with van der Waals surface area (Å²) in [6, 6.07) is 11.3. The van der Waals surface area contributed by atoms with Crippen LogP contribution in [0.4, 0.5) is 11.4 Å². The number of fused-ring (bicyclic) bond motifs is 1. The van der Waals surface area contributed by atoms with E-state index in [1.165, 1.54) is 17.3 Å². The van der Waals surface area contributed by atoms with E-state index < -0.39 is 0 Å². The largest absolute Gasteiger partial charge is 0.496 e. The van der Waals surface area contributed by atoms with Crippen LogP contribution in [0.15, 0.2) is 52.4 Å². The average Bonchev–Trinajstić information content (AvgIpc) is 3.06. The SMILES string of the molecule is COc1cc2c(cc1/C=C1/SC(=Nc3ccc(Cl)cc3)NC1=O)C(C)=CC(C)(C)N2C. The summed E-state index contributed by atoms with van der Waals surface area (Å²) >= 11 is 7.23. The third-order valence-corrected chi connectivity index (χ3v) is 6.73. The zero-order chi connectivity index (χ0) is 22.3. The first kappa shape index (κ1) is 21.5. The number of nitrogens with one attached hydrogen (secondary N) is 1. The van der Waals surface area contributed by atoms with Crippen LogP contribution in [0, 0.1) is 0 Å². The monoisotopic (exact) mass is 453 g/mol. The second kappa shape index (κ2) is 8.09. The number of anilines is 1. The quantitative estimate of drug-likeness (QED) is 0.590. The number of hydrogen-bond acceptors (Lipinski definition) is 5. The molecular weight excluding hydrogens is 430 g/mol. The fraction of sp³-hybridized carbons (Fsp3) is 0.250. The number of rotatable bonds is 3. The van der Waals surface area contributed by atoms with Crippen LogP contribution in [0.5, 0.6) is 5.75 Å². The van der Waals surface area contributed by atoms with E-state index >= 15 is 0 Å². The van der Waals surface area contributed by atoms with Crippen molar-refractivity contribution >= 4 is 57.5 Å². The summed E-state index contributed by atoms with van der Waals surface area (Å²) in [5.74, 6) is 0.545. The highest BCUT2D eigenvalue weighted by Crippen LogP contribution is 2.42. The van der Waals surface area contributed by atoms with E-state index in [0.717, 1.165) is 28.3 Å². The Morgan fingerprint density at radius 1 is 1.23 bits per heavy atom. The Kier molecular flexibility index (Phi) is 5.62. The summed E-state index contributed by atoms with van der Waals surface area (Å²) in [5.41, 5.74) is 4.94. The Labute approximate surface area is 191 Å². The number of methoxy groups -OCH3 is 1. The van der Waals surface area contributed by atoms with Gasteiger partial charge in [-0.15, -0.1) is 0 Å². The summed E-state index contributed by atoms with van der Waals surface area (Å²) in [5, 5.41) is 4.01. The molecule has 1 fully saturated rings. The lowest BCUT2D eigenvalue weighted by atomic mass is 9.88. The zero-order valence-electron chi connectivity index (χ0n) is 18.1. The van der Waals surface area contributed by atoms with Gasteiger partial charge in [0.1, 0.15) is 5.75 Å². The fourth-order valence-electron chi connectivity index (χ4n) is 3.74. The second-order valence-corrected chi connectivity index (χ2v) is 9.58. The minimum Gasteiger partial charge on any atom is -0.496 e. The summed E-state index contributed by atoms with van der Waals surface area (Å²) in [7, 11) is 3.73. The Morgan fingerprint density at radius 2 is 1.94 bits per heavy atom. The van der Waals surface area contributed by atoms with Gasteiger partial charge >= 0.3 is 0 Å². The van der Waals surface area contributed by atoms with Gasteiger partial charge in [-0.25, -0.2) is 4.99 Å². The van der Waals surface area contributed by atoms with Crippen molar-refractivity contribution in [1.82, 2.24) is 5.32 Å². The molecule has 1 saturated heterocycles. The molecule has 1 N–H and O–H groups in total. The van der Waals surface area contributed by atoms with Crippen molar-refractivity contribution in [2.24, 2.45) is 4.99 Å². The Bertz CT molecular complexity index is 1150. The smallest absolute Gasteiger partial charge is 0.264 e. The van der Waals surface area contributed by atoms with Crippen molar-refractivity contribution < 1.29 is 9.53 Å². The maximum Gasteiger partial charge on any atom is 0.264 e. The number of thioether (sulfide) groups is 1. The number of benzene rings is 2. The standard InChI is InChI=1S/C24H24ClN3O2S/c1-14-13-24(2,3)28(4)19-12-20(30-5)15(10-18(14)19)11-21-22(29)27-23(31-21)26-17-8-6-16(25)7-9-17/h6-13H,1-5H3,(H,26,27,29)/b21-11+. The molecule has 160 valence electrons. The number of aliphatic imine (C=N–C) groups is 1. The number of nitrogens with zero attached hydrogens (tertiary/aromatic N) is 2. The summed E-state index contributed by atoms with van der Waals surface area (Å²) in [6.07, 6.45) is 4.11. The van der Waals surface area contributed by atoms with Crippen LogP contribution in [0.2, 0.25) is 5.02 Å². The lowest BCUT2D eigenvalue weighted by molar-refractivity contribution is -0.115. The molecule has 2 aromatic rings. The minimum absolute atomic E-state index is 0.0870. The van der Waals surface area contributed by atoms with Crippen LogP contribution in [0.3, 0.4) is 0 Å². The number of hydrogen-bond donors (Lipinski definition) is 1. The highest BCUT2D eigenvalue weighted by Gasteiger charge is 2.30. The van der Waals surface area contributed by atoms with Gasteiger partial charge in [0.2, 0.25) is 0 Å². The number of allylic oxidation sites excluding steroid dienone is 1. The lowest BCUT2D eigenvalue weighted by Gasteiger charge is -2.41. The molecule has 0 aromatic heterocycles. The molecule has 2 aliphatic heterocycles. The maximum absolute atomic E-state index is 12.6. The van der Waals surface area contributed by atoms with Crippen molar-refractivity contribution in [2.75, 3.05) is 19.1 Å². The topological polar surface area (TPSA) is 53.9 Å². The highest BCUT2D eigenvalue weighted by atomic mass is 35.5. The van der Waals surface area contributed by atoms with Crippen LogP contribution in [0.1, 0.15) is 31.9 Å². The first-order chi connectivity index (χ1) is 14.7. The summed E-state index contributed by atoms with van der Waals surface area (Å²) < 4.78 is 5.67. The van der Waals surface area contributed by atoms with Gasteiger partial charge in [-0.3, -0.25) is 4.79 Å². The molecule has 2 heterocycles. The van der Waals surface area contributed by atoms with Gasteiger partial charge in [-0.05, 0) is 74.5 Å². The average molecular weight is 454 g/mol. The van der Waals surface area contributed by atoms with E-state index in [9.17, 15) is 4.79 Å². The first-order valence-corrected chi connectivity index (χ1v) is 11.1. The van der Waals surface area contributed by atoms with Gasteiger partial charge < -0.3 is 15.0 Å².